The molecule has 5 rings (SSSR count). The Morgan fingerprint density at radius 3 is 2.77 bits per heavy atom. The number of thiazole rings is 1. The second kappa shape index (κ2) is 7.89. The number of nitrogens with one attached hydrogen (secondary N) is 1. The molecule has 0 spiro atoms. The number of para-hydroxylation sites is 1. The van der Waals surface area contributed by atoms with Gasteiger partial charge in [0, 0.05) is 25.7 Å². The fourth-order valence-corrected chi connectivity index (χ4v) is 5.29. The molecule has 2 aromatic carbocycles. The Kier molecular flexibility index (Phi) is 5.20. The maximum Gasteiger partial charge on any atom is 0.279 e. The Hall–Kier alpha value is -2.48. The number of aliphatic hydroxyl groups is 1. The summed E-state index contributed by atoms with van der Waals surface area (Å²) in [6.07, 6.45) is 1.19. The van der Waals surface area contributed by atoms with Crippen molar-refractivity contribution < 1.29 is 14.6 Å². The molecule has 1 saturated heterocycles. The van der Waals surface area contributed by atoms with Crippen LogP contribution in [0.25, 0.3) is 10.2 Å². The van der Waals surface area contributed by atoms with Crippen LogP contribution >= 0.6 is 11.3 Å². The molecular weight excluding hydrogens is 410 g/mol. The lowest BCUT2D eigenvalue weighted by Crippen LogP contribution is -2.51. The highest BCUT2D eigenvalue weighted by atomic mass is 32.1. The average Bonchev–Trinajstić information content (AvgIpc) is 3.24. The number of hydrogen-bond donors (Lipinski definition) is 2. The van der Waals surface area contributed by atoms with Crippen molar-refractivity contribution in [2.75, 3.05) is 13.1 Å². The quantitative estimate of drug-likeness (QED) is 0.588. The SMILES string of the molecule is CC(C)(O)C(=O)N1CC2CC2C1CNCc1ccc(Oc2nc3ccccc3s2)cc1. The van der Waals surface area contributed by atoms with Crippen LogP contribution in [0.2, 0.25) is 0 Å². The standard InChI is InChI=1S/C24H27N3O3S/c1-24(2,29)22(28)27-14-16-11-18(16)20(27)13-25-12-15-7-9-17(10-8-15)30-23-26-19-5-3-4-6-21(19)31-23/h3-10,16,18,20,25,29H,11-14H2,1-2H3. The fourth-order valence-electron chi connectivity index (χ4n) is 4.45. The van der Waals surface area contributed by atoms with Crippen molar-refractivity contribution in [3.8, 4) is 10.9 Å². The van der Waals surface area contributed by atoms with Gasteiger partial charge in [-0.3, -0.25) is 4.79 Å². The molecule has 1 aromatic heterocycles. The zero-order valence-electron chi connectivity index (χ0n) is 17.7. The summed E-state index contributed by atoms with van der Waals surface area (Å²) in [5, 5.41) is 14.3. The van der Waals surface area contributed by atoms with Crippen molar-refractivity contribution in [3.05, 3.63) is 54.1 Å². The molecule has 31 heavy (non-hydrogen) atoms. The first-order valence-corrected chi connectivity index (χ1v) is 11.6. The number of rotatable bonds is 7. The molecule has 0 bridgehead atoms. The Morgan fingerprint density at radius 2 is 2.03 bits per heavy atom. The second-order valence-electron chi connectivity index (χ2n) is 9.07. The number of carbonyl (C=O) groups is 1. The number of amides is 1. The van der Waals surface area contributed by atoms with Gasteiger partial charge in [0.05, 0.1) is 10.2 Å². The van der Waals surface area contributed by atoms with Gasteiger partial charge in [0.25, 0.3) is 11.1 Å². The van der Waals surface area contributed by atoms with Gasteiger partial charge in [-0.2, -0.15) is 0 Å². The first kappa shape index (κ1) is 20.4. The minimum Gasteiger partial charge on any atom is -0.431 e. The zero-order chi connectivity index (χ0) is 21.6. The molecule has 1 saturated carbocycles. The van der Waals surface area contributed by atoms with Crippen LogP contribution in [0.5, 0.6) is 10.9 Å². The molecule has 3 atom stereocenters. The van der Waals surface area contributed by atoms with E-state index in [-0.39, 0.29) is 11.9 Å². The number of aromatic nitrogens is 1. The number of carbonyl (C=O) groups excluding carboxylic acids is 1. The normalized spacial score (nSPS) is 22.5. The van der Waals surface area contributed by atoms with Gasteiger partial charge in [-0.05, 0) is 61.9 Å². The molecule has 7 heteroatoms. The Bertz CT molecular complexity index is 1060. The van der Waals surface area contributed by atoms with E-state index >= 15 is 0 Å². The lowest BCUT2D eigenvalue weighted by Gasteiger charge is -2.32. The van der Waals surface area contributed by atoms with Crippen molar-refractivity contribution in [1.82, 2.24) is 15.2 Å². The number of fused-ring (bicyclic) bond motifs is 2. The summed E-state index contributed by atoms with van der Waals surface area (Å²) in [7, 11) is 0. The molecule has 1 amide bonds. The summed E-state index contributed by atoms with van der Waals surface area (Å²) in [5.74, 6) is 1.78. The highest BCUT2D eigenvalue weighted by Crippen LogP contribution is 2.49. The lowest BCUT2D eigenvalue weighted by molar-refractivity contribution is -0.149. The predicted octanol–water partition coefficient (Wildman–Crippen LogP) is 3.80. The molecule has 6 nitrogen and oxygen atoms in total. The molecule has 2 aliphatic rings. The Balaban J connectivity index is 1.15. The number of nitrogens with zero attached hydrogens (tertiary/aromatic N) is 2. The van der Waals surface area contributed by atoms with Crippen molar-refractivity contribution >= 4 is 27.5 Å². The van der Waals surface area contributed by atoms with Gasteiger partial charge < -0.3 is 20.1 Å². The molecule has 1 aliphatic carbocycles. The summed E-state index contributed by atoms with van der Waals surface area (Å²) < 4.78 is 7.03. The monoisotopic (exact) mass is 437 g/mol. The van der Waals surface area contributed by atoms with Gasteiger partial charge in [0.15, 0.2) is 0 Å². The summed E-state index contributed by atoms with van der Waals surface area (Å²) in [6.45, 7) is 5.38. The minimum absolute atomic E-state index is 0.164. The number of ether oxygens (including phenoxy) is 1. The Labute approximate surface area is 185 Å². The summed E-state index contributed by atoms with van der Waals surface area (Å²) in [5.41, 5.74) is 0.793. The van der Waals surface area contributed by atoms with Gasteiger partial charge in [-0.15, -0.1) is 0 Å². The van der Waals surface area contributed by atoms with E-state index in [1.807, 2.05) is 53.4 Å². The van der Waals surface area contributed by atoms with Crippen molar-refractivity contribution in [2.45, 2.75) is 38.5 Å². The third-order valence-electron chi connectivity index (χ3n) is 6.17. The third kappa shape index (κ3) is 4.31. The van der Waals surface area contributed by atoms with Crippen LogP contribution in [-0.4, -0.2) is 45.6 Å². The highest BCUT2D eigenvalue weighted by Gasteiger charge is 2.54. The lowest BCUT2D eigenvalue weighted by atomic mass is 10.1. The maximum atomic E-state index is 12.6. The predicted molar refractivity (Wildman–Crippen MR) is 121 cm³/mol. The van der Waals surface area contributed by atoms with Gasteiger partial charge in [-0.1, -0.05) is 35.6 Å². The zero-order valence-corrected chi connectivity index (χ0v) is 18.6. The van der Waals surface area contributed by atoms with E-state index in [4.69, 9.17) is 4.74 Å². The molecule has 2 heterocycles. The molecule has 162 valence electrons. The van der Waals surface area contributed by atoms with Crippen LogP contribution in [0.1, 0.15) is 25.8 Å². The first-order valence-electron chi connectivity index (χ1n) is 10.7. The number of benzene rings is 2. The fraction of sp³-hybridized carbons (Fsp3) is 0.417. The number of piperidine rings is 1. The third-order valence-corrected chi connectivity index (χ3v) is 7.09. The summed E-state index contributed by atoms with van der Waals surface area (Å²) in [4.78, 5) is 18.9. The Morgan fingerprint density at radius 1 is 1.26 bits per heavy atom. The molecular formula is C24H27N3O3S. The van der Waals surface area contributed by atoms with Crippen molar-refractivity contribution in [3.63, 3.8) is 0 Å². The van der Waals surface area contributed by atoms with E-state index in [0.29, 0.717) is 17.0 Å². The van der Waals surface area contributed by atoms with Crippen LogP contribution in [0, 0.1) is 11.8 Å². The average molecular weight is 438 g/mol. The van der Waals surface area contributed by atoms with E-state index in [2.05, 4.69) is 10.3 Å². The van der Waals surface area contributed by atoms with Gasteiger partial charge >= 0.3 is 0 Å². The van der Waals surface area contributed by atoms with E-state index in [1.54, 1.807) is 13.8 Å². The van der Waals surface area contributed by atoms with E-state index in [0.717, 1.165) is 41.2 Å². The highest BCUT2D eigenvalue weighted by molar-refractivity contribution is 7.20. The molecule has 2 N–H and O–H groups in total. The first-order chi connectivity index (χ1) is 14.9. The van der Waals surface area contributed by atoms with Crippen molar-refractivity contribution in [1.29, 1.82) is 0 Å². The van der Waals surface area contributed by atoms with E-state index in [1.165, 1.54) is 17.8 Å². The topological polar surface area (TPSA) is 74.7 Å². The minimum atomic E-state index is -1.31. The smallest absolute Gasteiger partial charge is 0.279 e. The molecule has 2 fully saturated rings. The maximum absolute atomic E-state index is 12.6. The molecule has 3 aromatic rings. The van der Waals surface area contributed by atoms with Gasteiger partial charge in [0.1, 0.15) is 11.4 Å². The number of likely N-dealkylation sites (tertiary alicyclic amines) is 1. The molecule has 0 radical (unpaired) electrons. The van der Waals surface area contributed by atoms with Gasteiger partial charge in [0.2, 0.25) is 0 Å². The van der Waals surface area contributed by atoms with Crippen LogP contribution < -0.4 is 10.1 Å². The van der Waals surface area contributed by atoms with Crippen LogP contribution in [0.3, 0.4) is 0 Å². The van der Waals surface area contributed by atoms with Crippen LogP contribution in [-0.2, 0) is 11.3 Å². The van der Waals surface area contributed by atoms with Crippen LogP contribution in [0.15, 0.2) is 48.5 Å². The van der Waals surface area contributed by atoms with E-state index < -0.39 is 5.60 Å². The largest absolute Gasteiger partial charge is 0.431 e. The van der Waals surface area contributed by atoms with E-state index in [9.17, 15) is 9.90 Å². The summed E-state index contributed by atoms with van der Waals surface area (Å²) >= 11 is 1.54. The van der Waals surface area contributed by atoms with Gasteiger partial charge in [-0.25, -0.2) is 4.98 Å². The summed E-state index contributed by atoms with van der Waals surface area (Å²) in [6, 6.07) is 16.2. The van der Waals surface area contributed by atoms with Crippen molar-refractivity contribution in [2.24, 2.45) is 11.8 Å². The van der Waals surface area contributed by atoms with Crippen LogP contribution in [0.4, 0.5) is 0 Å². The second-order valence-corrected chi connectivity index (χ2v) is 10.1. The number of hydrogen-bond acceptors (Lipinski definition) is 6. The molecule has 3 unspecified atom stereocenters. The molecule has 1 aliphatic heterocycles.